The molecule has 12 heavy (non-hydrogen) atoms. The molecule has 1 heterocycles. The highest BCUT2D eigenvalue weighted by Crippen LogP contribution is 2.31. The zero-order valence-corrected chi connectivity index (χ0v) is 7.39. The highest BCUT2D eigenvalue weighted by molar-refractivity contribution is 5.21. The van der Waals surface area contributed by atoms with E-state index < -0.39 is 0 Å². The maximum absolute atomic E-state index is 11.2. The molecule has 3 heteroatoms. The Hall–Kier alpha value is -0.990. The van der Waals surface area contributed by atoms with E-state index in [1.54, 1.807) is 0 Å². The van der Waals surface area contributed by atoms with Crippen LogP contribution in [0.5, 0.6) is 0 Å². The lowest BCUT2D eigenvalue weighted by molar-refractivity contribution is 0.333. The van der Waals surface area contributed by atoms with Crippen LogP contribution < -0.4 is 5.56 Å². The monoisotopic (exact) mass is 167 g/mol. The van der Waals surface area contributed by atoms with Crippen molar-refractivity contribution in [3.05, 3.63) is 21.7 Å². The fourth-order valence-corrected chi connectivity index (χ4v) is 2.12. The molecule has 0 aliphatic heterocycles. The predicted octanol–water partition coefficient (Wildman–Crippen LogP) is 1.65. The van der Waals surface area contributed by atoms with Gasteiger partial charge in [-0.3, -0.25) is 4.79 Å². The Balaban J connectivity index is 2.50. The van der Waals surface area contributed by atoms with Crippen LogP contribution in [0.1, 0.15) is 37.5 Å². The van der Waals surface area contributed by atoms with Crippen LogP contribution >= 0.6 is 0 Å². The summed E-state index contributed by atoms with van der Waals surface area (Å²) in [7, 11) is 0. The number of hydrogen-bond acceptors (Lipinski definition) is 2. The van der Waals surface area contributed by atoms with Crippen LogP contribution in [-0.2, 0) is 6.42 Å². The van der Waals surface area contributed by atoms with E-state index in [1.807, 2.05) is 0 Å². The summed E-state index contributed by atoms with van der Waals surface area (Å²) in [5.41, 5.74) is 0.831. The van der Waals surface area contributed by atoms with Crippen LogP contribution in [0.15, 0.2) is 9.32 Å². The topological polar surface area (TPSA) is 46.0 Å². The van der Waals surface area contributed by atoms with E-state index in [2.05, 4.69) is 19.0 Å². The van der Waals surface area contributed by atoms with Gasteiger partial charge < -0.3 is 4.52 Å². The molecular formula is C9H13NO2. The van der Waals surface area contributed by atoms with E-state index in [9.17, 15) is 4.79 Å². The number of aromatic nitrogens is 1. The molecule has 1 N–H and O–H groups in total. The first kappa shape index (κ1) is 7.65. The number of aromatic amines is 1. The fourth-order valence-electron chi connectivity index (χ4n) is 2.12. The van der Waals surface area contributed by atoms with Crippen LogP contribution in [0.3, 0.4) is 0 Å². The third-order valence-corrected chi connectivity index (χ3v) is 2.59. The highest BCUT2D eigenvalue weighted by Gasteiger charge is 2.27. The second-order valence-corrected chi connectivity index (χ2v) is 3.82. The summed E-state index contributed by atoms with van der Waals surface area (Å²) in [6, 6.07) is 0. The Bertz CT molecular complexity index is 337. The van der Waals surface area contributed by atoms with Crippen LogP contribution in [0.4, 0.5) is 0 Å². The Morgan fingerprint density at radius 3 is 3.00 bits per heavy atom. The zero-order chi connectivity index (χ0) is 8.72. The van der Waals surface area contributed by atoms with E-state index in [1.165, 1.54) is 0 Å². The van der Waals surface area contributed by atoms with Gasteiger partial charge in [0.25, 0.3) is 5.56 Å². The van der Waals surface area contributed by atoms with Crippen molar-refractivity contribution in [3.8, 4) is 0 Å². The Morgan fingerprint density at radius 1 is 1.50 bits per heavy atom. The van der Waals surface area contributed by atoms with Gasteiger partial charge in [0.15, 0.2) is 0 Å². The molecule has 0 saturated carbocycles. The minimum atomic E-state index is -0.0376. The molecule has 2 rings (SSSR count). The quantitative estimate of drug-likeness (QED) is 0.638. The van der Waals surface area contributed by atoms with Crippen LogP contribution in [0.2, 0.25) is 0 Å². The van der Waals surface area contributed by atoms with E-state index in [0.717, 1.165) is 24.2 Å². The fraction of sp³-hybridized carbons (Fsp3) is 0.667. The van der Waals surface area contributed by atoms with E-state index in [0.29, 0.717) is 11.8 Å². The van der Waals surface area contributed by atoms with E-state index in [-0.39, 0.29) is 5.56 Å². The lowest BCUT2D eigenvalue weighted by Crippen LogP contribution is -2.18. The summed E-state index contributed by atoms with van der Waals surface area (Å²) in [5.74, 6) is 1.85. The molecule has 0 saturated heterocycles. The van der Waals surface area contributed by atoms with Crippen molar-refractivity contribution in [2.45, 2.75) is 32.6 Å². The summed E-state index contributed by atoms with van der Waals surface area (Å²) in [6.45, 7) is 4.27. The van der Waals surface area contributed by atoms with Crippen LogP contribution in [-0.4, -0.2) is 5.16 Å². The van der Waals surface area contributed by atoms with Crippen molar-refractivity contribution in [1.29, 1.82) is 0 Å². The first-order valence-electron chi connectivity index (χ1n) is 4.38. The van der Waals surface area contributed by atoms with Gasteiger partial charge in [-0.05, 0) is 18.3 Å². The first-order chi connectivity index (χ1) is 5.68. The van der Waals surface area contributed by atoms with E-state index in [4.69, 9.17) is 4.52 Å². The average Bonchev–Trinajstić information content (AvgIpc) is 2.31. The molecule has 3 nitrogen and oxygen atoms in total. The van der Waals surface area contributed by atoms with Crippen LogP contribution in [0, 0.1) is 5.92 Å². The van der Waals surface area contributed by atoms with Gasteiger partial charge in [0.1, 0.15) is 5.76 Å². The zero-order valence-electron chi connectivity index (χ0n) is 7.39. The highest BCUT2D eigenvalue weighted by atomic mass is 16.5. The summed E-state index contributed by atoms with van der Waals surface area (Å²) in [5, 5.41) is 2.40. The lowest BCUT2D eigenvalue weighted by atomic mass is 9.82. The number of rotatable bonds is 0. The third kappa shape index (κ3) is 1.00. The van der Waals surface area contributed by atoms with Crippen molar-refractivity contribution in [3.63, 3.8) is 0 Å². The molecular weight excluding hydrogens is 154 g/mol. The number of H-pyrrole nitrogens is 1. The molecule has 0 unspecified atom stereocenters. The Kier molecular flexibility index (Phi) is 1.60. The van der Waals surface area contributed by atoms with Crippen molar-refractivity contribution in [2.75, 3.05) is 0 Å². The maximum atomic E-state index is 11.2. The van der Waals surface area contributed by atoms with Crippen molar-refractivity contribution in [1.82, 2.24) is 5.16 Å². The summed E-state index contributed by atoms with van der Waals surface area (Å²) in [4.78, 5) is 11.2. The molecule has 0 radical (unpaired) electrons. The first-order valence-corrected chi connectivity index (χ1v) is 4.38. The van der Waals surface area contributed by atoms with Gasteiger partial charge >= 0.3 is 0 Å². The third-order valence-electron chi connectivity index (χ3n) is 2.59. The molecule has 1 aromatic rings. The smallest absolute Gasteiger partial charge is 0.283 e. The molecule has 0 spiro atoms. The summed E-state index contributed by atoms with van der Waals surface area (Å²) >= 11 is 0. The van der Waals surface area contributed by atoms with Gasteiger partial charge in [0, 0.05) is 6.42 Å². The number of hydrogen-bond donors (Lipinski definition) is 1. The second-order valence-electron chi connectivity index (χ2n) is 3.82. The molecule has 0 aromatic carbocycles. The van der Waals surface area contributed by atoms with Gasteiger partial charge in [-0.1, -0.05) is 13.8 Å². The van der Waals surface area contributed by atoms with Gasteiger partial charge in [-0.2, -0.15) is 5.16 Å². The molecule has 1 aliphatic rings. The Morgan fingerprint density at radius 2 is 2.25 bits per heavy atom. The Labute approximate surface area is 70.7 Å². The molecule has 0 amide bonds. The maximum Gasteiger partial charge on any atom is 0.283 e. The van der Waals surface area contributed by atoms with Crippen molar-refractivity contribution >= 4 is 0 Å². The molecule has 2 atom stereocenters. The minimum absolute atomic E-state index is 0.0376. The van der Waals surface area contributed by atoms with Gasteiger partial charge in [0.2, 0.25) is 0 Å². The minimum Gasteiger partial charge on any atom is -0.383 e. The molecule has 0 bridgehead atoms. The number of fused-ring (bicyclic) bond motifs is 1. The van der Waals surface area contributed by atoms with Crippen LogP contribution in [0.25, 0.3) is 0 Å². The average molecular weight is 167 g/mol. The molecule has 1 aliphatic carbocycles. The van der Waals surface area contributed by atoms with Gasteiger partial charge in [0.05, 0.1) is 5.56 Å². The van der Waals surface area contributed by atoms with Gasteiger partial charge in [-0.15, -0.1) is 0 Å². The standard InChI is InChI=1S/C9H13NO2/c1-5-3-6(2)8-7(4-5)12-10-9(8)11/h5-6H,3-4H2,1-2H3,(H,10,11)/t5-,6+/m1/s1. The SMILES string of the molecule is C[C@H]1Cc2o[nH]c(=O)c2[C@@H](C)C1. The normalized spacial score (nSPS) is 28.5. The molecule has 0 fully saturated rings. The lowest BCUT2D eigenvalue weighted by Gasteiger charge is -2.21. The van der Waals surface area contributed by atoms with Crippen molar-refractivity contribution in [2.24, 2.45) is 5.92 Å². The number of nitrogens with one attached hydrogen (secondary N) is 1. The van der Waals surface area contributed by atoms with E-state index >= 15 is 0 Å². The second kappa shape index (κ2) is 2.51. The van der Waals surface area contributed by atoms with Gasteiger partial charge in [-0.25, -0.2) is 0 Å². The van der Waals surface area contributed by atoms with Crippen molar-refractivity contribution < 1.29 is 4.52 Å². The molecule has 1 aromatic heterocycles. The predicted molar refractivity (Wildman–Crippen MR) is 45.2 cm³/mol. The largest absolute Gasteiger partial charge is 0.383 e. The summed E-state index contributed by atoms with van der Waals surface area (Å²) in [6.07, 6.45) is 1.99. The summed E-state index contributed by atoms with van der Waals surface area (Å²) < 4.78 is 5.09. The molecule has 66 valence electrons.